The minimum Gasteiger partial charge on any atom is -0.342 e. The minimum atomic E-state index is 0.440. The molecule has 1 N–H and O–H groups in total. The number of nitrogens with zero attached hydrogens (tertiary/aromatic N) is 4. The maximum atomic E-state index is 8.51. The van der Waals surface area contributed by atoms with Crippen molar-refractivity contribution in [2.45, 2.75) is 0 Å². The Bertz CT molecular complexity index is 423. The third-order valence-corrected chi connectivity index (χ3v) is 1.49. The van der Waals surface area contributed by atoms with Gasteiger partial charge in [-0.05, 0) is 0 Å². The van der Waals surface area contributed by atoms with E-state index in [9.17, 15) is 0 Å². The second-order valence-electron chi connectivity index (χ2n) is 2.34. The van der Waals surface area contributed by atoms with Gasteiger partial charge in [0.05, 0.1) is 5.56 Å². The van der Waals surface area contributed by atoms with Crippen molar-refractivity contribution in [3.63, 3.8) is 0 Å². The number of aromatic nitrogens is 4. The predicted octanol–water partition coefficient (Wildman–Crippen LogP) is 0.738. The highest BCUT2D eigenvalue weighted by atomic mass is 15.0. The van der Waals surface area contributed by atoms with Crippen LogP contribution in [-0.2, 0) is 0 Å². The third kappa shape index (κ3) is 1.37. The molecular weight excluding hydrogens is 166 g/mol. The Morgan fingerprint density at radius 2 is 2.00 bits per heavy atom. The van der Waals surface area contributed by atoms with Crippen LogP contribution >= 0.6 is 0 Å². The average Bonchev–Trinajstić information content (AvgIpc) is 2.71. The predicted molar refractivity (Wildman–Crippen MR) is 44.3 cm³/mol. The van der Waals surface area contributed by atoms with E-state index in [1.807, 2.05) is 6.07 Å². The molecule has 5 nitrogen and oxygen atoms in total. The molecule has 2 rings (SSSR count). The minimum absolute atomic E-state index is 0.440. The summed E-state index contributed by atoms with van der Waals surface area (Å²) in [6, 6.07) is 1.94. The summed E-state index contributed by atoms with van der Waals surface area (Å²) < 4.78 is 0. The van der Waals surface area contributed by atoms with Gasteiger partial charge in [0.15, 0.2) is 11.6 Å². The number of hydrogen-bond donors (Lipinski definition) is 1. The SMILES string of the molecule is N#Cc1cnc(-c2ncc[nH]2)nc1. The zero-order valence-electron chi connectivity index (χ0n) is 6.60. The van der Waals surface area contributed by atoms with Gasteiger partial charge in [-0.15, -0.1) is 0 Å². The van der Waals surface area contributed by atoms with E-state index in [1.165, 1.54) is 12.4 Å². The van der Waals surface area contributed by atoms with Crippen molar-refractivity contribution in [3.8, 4) is 17.7 Å². The molecule has 0 spiro atoms. The van der Waals surface area contributed by atoms with Crippen LogP contribution in [0.2, 0.25) is 0 Å². The van der Waals surface area contributed by atoms with Gasteiger partial charge in [-0.25, -0.2) is 15.0 Å². The van der Waals surface area contributed by atoms with E-state index in [1.54, 1.807) is 12.4 Å². The molecule has 13 heavy (non-hydrogen) atoms. The standard InChI is InChI=1S/C8H5N5/c9-3-6-4-12-8(13-5-6)7-10-1-2-11-7/h1-2,4-5H,(H,10,11). The van der Waals surface area contributed by atoms with Crippen molar-refractivity contribution < 1.29 is 0 Å². The van der Waals surface area contributed by atoms with Crippen molar-refractivity contribution in [2.24, 2.45) is 0 Å². The number of H-pyrrole nitrogens is 1. The maximum Gasteiger partial charge on any atom is 0.195 e. The quantitative estimate of drug-likeness (QED) is 0.686. The summed E-state index contributed by atoms with van der Waals surface area (Å²) in [4.78, 5) is 14.8. The Morgan fingerprint density at radius 1 is 1.23 bits per heavy atom. The molecular formula is C8H5N5. The van der Waals surface area contributed by atoms with Crippen molar-refractivity contribution in [3.05, 3.63) is 30.4 Å². The fourth-order valence-electron chi connectivity index (χ4n) is 0.896. The number of hydrogen-bond acceptors (Lipinski definition) is 4. The molecule has 0 aliphatic heterocycles. The summed E-state index contributed by atoms with van der Waals surface area (Å²) in [6.07, 6.45) is 6.24. The summed E-state index contributed by atoms with van der Waals surface area (Å²) in [5.74, 6) is 1.09. The highest BCUT2D eigenvalue weighted by Gasteiger charge is 2.01. The van der Waals surface area contributed by atoms with Gasteiger partial charge in [0.25, 0.3) is 0 Å². The van der Waals surface area contributed by atoms with Crippen LogP contribution in [0.5, 0.6) is 0 Å². The van der Waals surface area contributed by atoms with Gasteiger partial charge >= 0.3 is 0 Å². The molecule has 0 fully saturated rings. The lowest BCUT2D eigenvalue weighted by Crippen LogP contribution is -1.90. The van der Waals surface area contributed by atoms with Gasteiger partial charge in [-0.2, -0.15) is 5.26 Å². The van der Waals surface area contributed by atoms with Crippen LogP contribution in [0.3, 0.4) is 0 Å². The molecule has 0 bridgehead atoms. The first-order valence-corrected chi connectivity index (χ1v) is 3.62. The summed E-state index contributed by atoms with van der Waals surface area (Å²) in [5, 5.41) is 8.51. The molecule has 0 amide bonds. The molecule has 2 aromatic heterocycles. The molecule has 0 saturated heterocycles. The van der Waals surface area contributed by atoms with E-state index in [0.29, 0.717) is 17.2 Å². The van der Waals surface area contributed by atoms with Gasteiger partial charge in [-0.3, -0.25) is 0 Å². The third-order valence-electron chi connectivity index (χ3n) is 1.49. The van der Waals surface area contributed by atoms with Crippen LogP contribution in [0.4, 0.5) is 0 Å². The van der Waals surface area contributed by atoms with Gasteiger partial charge in [-0.1, -0.05) is 0 Å². The Labute approximate surface area is 74.1 Å². The topological polar surface area (TPSA) is 78.2 Å². The highest BCUT2D eigenvalue weighted by Crippen LogP contribution is 2.06. The van der Waals surface area contributed by atoms with E-state index >= 15 is 0 Å². The number of imidazole rings is 1. The lowest BCUT2D eigenvalue weighted by molar-refractivity contribution is 1.11. The molecule has 0 aliphatic carbocycles. The van der Waals surface area contributed by atoms with Gasteiger partial charge in [0, 0.05) is 24.8 Å². The normalized spacial score (nSPS) is 9.46. The zero-order valence-corrected chi connectivity index (χ0v) is 6.60. The molecule has 0 aliphatic rings. The molecule has 0 unspecified atom stereocenters. The summed E-state index contributed by atoms with van der Waals surface area (Å²) in [6.45, 7) is 0. The molecule has 0 radical (unpaired) electrons. The van der Waals surface area contributed by atoms with E-state index in [0.717, 1.165) is 0 Å². The first-order valence-electron chi connectivity index (χ1n) is 3.62. The summed E-state index contributed by atoms with van der Waals surface area (Å²) >= 11 is 0. The van der Waals surface area contributed by atoms with E-state index < -0.39 is 0 Å². The van der Waals surface area contributed by atoms with Gasteiger partial charge < -0.3 is 4.98 Å². The second-order valence-corrected chi connectivity index (χ2v) is 2.34. The fourth-order valence-corrected chi connectivity index (χ4v) is 0.896. The number of aromatic amines is 1. The average molecular weight is 171 g/mol. The van der Waals surface area contributed by atoms with E-state index in [2.05, 4.69) is 19.9 Å². The number of nitrogens with one attached hydrogen (secondary N) is 1. The maximum absolute atomic E-state index is 8.51. The Balaban J connectivity index is 2.40. The lowest BCUT2D eigenvalue weighted by atomic mass is 10.4. The van der Waals surface area contributed by atoms with Crippen molar-refractivity contribution in [2.75, 3.05) is 0 Å². The first kappa shape index (κ1) is 7.43. The summed E-state index contributed by atoms with van der Waals surface area (Å²) in [7, 11) is 0. The molecule has 2 heterocycles. The summed E-state index contributed by atoms with van der Waals surface area (Å²) in [5.41, 5.74) is 0.440. The van der Waals surface area contributed by atoms with Gasteiger partial charge in [0.2, 0.25) is 0 Å². The second kappa shape index (κ2) is 3.03. The molecule has 0 aromatic carbocycles. The largest absolute Gasteiger partial charge is 0.342 e. The lowest BCUT2D eigenvalue weighted by Gasteiger charge is -1.92. The van der Waals surface area contributed by atoms with Crippen LogP contribution in [0.25, 0.3) is 11.6 Å². The zero-order chi connectivity index (χ0) is 9.10. The molecule has 0 atom stereocenters. The van der Waals surface area contributed by atoms with Crippen LogP contribution in [0, 0.1) is 11.3 Å². The molecule has 5 heteroatoms. The van der Waals surface area contributed by atoms with E-state index in [4.69, 9.17) is 5.26 Å². The van der Waals surface area contributed by atoms with Crippen LogP contribution in [0.1, 0.15) is 5.56 Å². The monoisotopic (exact) mass is 171 g/mol. The Kier molecular flexibility index (Phi) is 1.73. The number of rotatable bonds is 1. The van der Waals surface area contributed by atoms with Crippen molar-refractivity contribution in [1.82, 2.24) is 19.9 Å². The van der Waals surface area contributed by atoms with Crippen LogP contribution in [-0.4, -0.2) is 19.9 Å². The fraction of sp³-hybridized carbons (Fsp3) is 0. The smallest absolute Gasteiger partial charge is 0.195 e. The highest BCUT2D eigenvalue weighted by molar-refractivity contribution is 5.42. The van der Waals surface area contributed by atoms with Crippen LogP contribution in [0.15, 0.2) is 24.8 Å². The number of nitriles is 1. The Morgan fingerprint density at radius 3 is 2.54 bits per heavy atom. The molecule has 62 valence electrons. The van der Waals surface area contributed by atoms with Crippen molar-refractivity contribution in [1.29, 1.82) is 5.26 Å². The first-order chi connectivity index (χ1) is 6.40. The Hall–Kier alpha value is -2.22. The van der Waals surface area contributed by atoms with Crippen molar-refractivity contribution >= 4 is 0 Å². The molecule has 2 aromatic rings. The molecule has 0 saturated carbocycles. The van der Waals surface area contributed by atoms with Gasteiger partial charge in [0.1, 0.15) is 6.07 Å². The van der Waals surface area contributed by atoms with E-state index in [-0.39, 0.29) is 0 Å². The van der Waals surface area contributed by atoms with Crippen LogP contribution < -0.4 is 0 Å².